The minimum atomic E-state index is -3.85. The molecule has 0 bridgehead atoms. The quantitative estimate of drug-likeness (QED) is 0.785. The number of methoxy groups -OCH3 is 1. The van der Waals surface area contributed by atoms with Gasteiger partial charge in [0.15, 0.2) is 0 Å². The zero-order valence-corrected chi connectivity index (χ0v) is 15.0. The van der Waals surface area contributed by atoms with Crippen molar-refractivity contribution >= 4 is 21.7 Å². The second-order valence-electron chi connectivity index (χ2n) is 5.90. The number of hydrogen-bond acceptors (Lipinski definition) is 5. The fraction of sp³-hybridized carbons (Fsp3) is 0.278. The summed E-state index contributed by atoms with van der Waals surface area (Å²) in [5, 5.41) is 0. The van der Waals surface area contributed by atoms with E-state index >= 15 is 0 Å². The number of sulfonamides is 1. The van der Waals surface area contributed by atoms with Crippen LogP contribution in [0.15, 0.2) is 47.4 Å². The van der Waals surface area contributed by atoms with E-state index in [9.17, 15) is 13.2 Å². The van der Waals surface area contributed by atoms with E-state index in [-0.39, 0.29) is 11.4 Å². The van der Waals surface area contributed by atoms with E-state index < -0.39 is 22.1 Å². The third-order valence-electron chi connectivity index (χ3n) is 4.10. The monoisotopic (exact) mass is 361 g/mol. The van der Waals surface area contributed by atoms with E-state index in [4.69, 9.17) is 9.47 Å². The van der Waals surface area contributed by atoms with Crippen LogP contribution in [-0.2, 0) is 19.6 Å². The van der Waals surface area contributed by atoms with Crippen LogP contribution in [-0.4, -0.2) is 34.1 Å². The molecular weight excluding hydrogens is 342 g/mol. The van der Waals surface area contributed by atoms with Gasteiger partial charge in [-0.3, -0.25) is 4.31 Å². The molecule has 1 aliphatic rings. The molecule has 1 heterocycles. The maximum Gasteiger partial charge on any atom is 0.348 e. The smallest absolute Gasteiger partial charge is 0.348 e. The highest BCUT2D eigenvalue weighted by atomic mass is 32.2. The molecule has 6 nitrogen and oxygen atoms in total. The molecule has 0 aliphatic carbocycles. The molecule has 0 saturated heterocycles. The normalized spacial score (nSPS) is 16.8. The molecular formula is C18H19NO5S. The van der Waals surface area contributed by atoms with Crippen molar-refractivity contribution in [3.63, 3.8) is 0 Å². The molecule has 0 radical (unpaired) electrons. The molecule has 2 aromatic rings. The minimum Gasteiger partial charge on any atom is -0.475 e. The maximum atomic E-state index is 13.3. The van der Waals surface area contributed by atoms with Gasteiger partial charge < -0.3 is 9.47 Å². The summed E-state index contributed by atoms with van der Waals surface area (Å²) in [7, 11) is -2.61. The van der Waals surface area contributed by atoms with Crippen molar-refractivity contribution in [1.82, 2.24) is 0 Å². The van der Waals surface area contributed by atoms with Gasteiger partial charge in [-0.15, -0.1) is 0 Å². The Hall–Kier alpha value is -2.54. The Balaban J connectivity index is 2.12. The fourth-order valence-electron chi connectivity index (χ4n) is 2.89. The number of hydrogen-bond donors (Lipinski definition) is 0. The number of fused-ring (bicyclic) bond motifs is 1. The molecule has 0 N–H and O–H groups in total. The van der Waals surface area contributed by atoms with Gasteiger partial charge in [-0.2, -0.15) is 0 Å². The summed E-state index contributed by atoms with van der Waals surface area (Å²) < 4.78 is 38.1. The summed E-state index contributed by atoms with van der Waals surface area (Å²) >= 11 is 0. The topological polar surface area (TPSA) is 72.9 Å². The second kappa shape index (κ2) is 6.40. The predicted molar refractivity (Wildman–Crippen MR) is 93.3 cm³/mol. The average Bonchev–Trinajstić information content (AvgIpc) is 2.59. The number of carbonyl (C=O) groups excluding carboxylic acids is 1. The number of anilines is 1. The van der Waals surface area contributed by atoms with Gasteiger partial charge in [-0.05, 0) is 37.6 Å². The van der Waals surface area contributed by atoms with Crippen molar-refractivity contribution in [2.24, 2.45) is 0 Å². The Morgan fingerprint density at radius 2 is 1.92 bits per heavy atom. The standard InChI is InChI=1S/C18H19NO5S/c1-12-8-9-17(13(2)10-12)25(21,22)19-11-16(18(20)23-3)24-15-7-5-4-6-14(15)19/h4-10,16H,11H2,1-3H3/t16-/m0/s1. The summed E-state index contributed by atoms with van der Waals surface area (Å²) in [6, 6.07) is 11.9. The van der Waals surface area contributed by atoms with Crippen molar-refractivity contribution in [3.8, 4) is 5.75 Å². The van der Waals surface area contributed by atoms with E-state index in [0.717, 1.165) is 5.56 Å². The van der Waals surface area contributed by atoms with Gasteiger partial charge in [0.05, 0.1) is 24.2 Å². The summed E-state index contributed by atoms with van der Waals surface area (Å²) in [6.45, 7) is 3.52. The Labute approximate surface area is 147 Å². The van der Waals surface area contributed by atoms with E-state index in [1.54, 1.807) is 43.3 Å². The van der Waals surface area contributed by atoms with Gasteiger partial charge in [-0.1, -0.05) is 29.8 Å². The SMILES string of the molecule is COC(=O)[C@@H]1CN(S(=O)(=O)c2ccc(C)cc2C)c2ccccc2O1. The highest BCUT2D eigenvalue weighted by Crippen LogP contribution is 2.37. The van der Waals surface area contributed by atoms with E-state index in [1.165, 1.54) is 11.4 Å². The number of esters is 1. The lowest BCUT2D eigenvalue weighted by atomic mass is 10.2. The summed E-state index contributed by atoms with van der Waals surface area (Å²) in [5.41, 5.74) is 2.03. The van der Waals surface area contributed by atoms with Crippen LogP contribution in [0.3, 0.4) is 0 Å². The average molecular weight is 361 g/mol. The van der Waals surface area contributed by atoms with Gasteiger partial charge in [-0.25, -0.2) is 13.2 Å². The number of aryl methyl sites for hydroxylation is 2. The van der Waals surface area contributed by atoms with Crippen molar-refractivity contribution < 1.29 is 22.7 Å². The summed E-state index contributed by atoms with van der Waals surface area (Å²) in [4.78, 5) is 12.1. The molecule has 0 spiro atoms. The molecule has 1 aliphatic heterocycles. The van der Waals surface area contributed by atoms with Gasteiger partial charge >= 0.3 is 5.97 Å². The third-order valence-corrected chi connectivity index (χ3v) is 6.04. The summed E-state index contributed by atoms with van der Waals surface area (Å²) in [5.74, 6) is -0.284. The van der Waals surface area contributed by atoms with Gasteiger partial charge in [0.2, 0.25) is 6.10 Å². The highest BCUT2D eigenvalue weighted by molar-refractivity contribution is 7.92. The Kier molecular flexibility index (Phi) is 4.43. The summed E-state index contributed by atoms with van der Waals surface area (Å²) in [6.07, 6.45) is -1.01. The predicted octanol–water partition coefficient (Wildman–Crippen LogP) is 2.43. The molecule has 1 atom stereocenters. The Morgan fingerprint density at radius 1 is 1.20 bits per heavy atom. The minimum absolute atomic E-state index is 0.140. The van der Waals surface area contributed by atoms with Crippen LogP contribution in [0, 0.1) is 13.8 Å². The number of nitrogens with zero attached hydrogens (tertiary/aromatic N) is 1. The van der Waals surface area contributed by atoms with Gasteiger partial charge in [0.25, 0.3) is 10.0 Å². The lowest BCUT2D eigenvalue weighted by Crippen LogP contribution is -2.47. The van der Waals surface area contributed by atoms with E-state index in [0.29, 0.717) is 17.0 Å². The highest BCUT2D eigenvalue weighted by Gasteiger charge is 2.38. The van der Waals surface area contributed by atoms with Crippen molar-refractivity contribution in [1.29, 1.82) is 0 Å². The number of para-hydroxylation sites is 2. The third kappa shape index (κ3) is 3.07. The van der Waals surface area contributed by atoms with Crippen LogP contribution >= 0.6 is 0 Å². The van der Waals surface area contributed by atoms with Gasteiger partial charge in [0, 0.05) is 0 Å². The zero-order valence-electron chi connectivity index (χ0n) is 14.2. The molecule has 25 heavy (non-hydrogen) atoms. The first-order chi connectivity index (χ1) is 11.8. The molecule has 3 rings (SSSR count). The number of benzene rings is 2. The second-order valence-corrected chi connectivity index (χ2v) is 7.73. The van der Waals surface area contributed by atoms with E-state index in [2.05, 4.69) is 0 Å². The largest absolute Gasteiger partial charge is 0.475 e. The molecule has 0 fully saturated rings. The van der Waals surface area contributed by atoms with Crippen molar-refractivity contribution in [2.45, 2.75) is 24.8 Å². The molecule has 0 saturated carbocycles. The molecule has 132 valence electrons. The van der Waals surface area contributed by atoms with Crippen molar-refractivity contribution in [3.05, 3.63) is 53.6 Å². The fourth-order valence-corrected chi connectivity index (χ4v) is 4.58. The van der Waals surface area contributed by atoms with Gasteiger partial charge in [0.1, 0.15) is 5.75 Å². The number of carbonyl (C=O) groups is 1. The molecule has 0 unspecified atom stereocenters. The first kappa shape index (κ1) is 17.3. The maximum absolute atomic E-state index is 13.3. The van der Waals surface area contributed by atoms with Crippen LogP contribution in [0.1, 0.15) is 11.1 Å². The Morgan fingerprint density at radius 3 is 2.60 bits per heavy atom. The van der Waals surface area contributed by atoms with Crippen LogP contribution in [0.2, 0.25) is 0 Å². The van der Waals surface area contributed by atoms with Crippen LogP contribution in [0.25, 0.3) is 0 Å². The first-order valence-electron chi connectivity index (χ1n) is 7.78. The zero-order chi connectivity index (χ0) is 18.2. The van der Waals surface area contributed by atoms with E-state index in [1.807, 2.05) is 13.0 Å². The first-order valence-corrected chi connectivity index (χ1v) is 9.22. The van der Waals surface area contributed by atoms with Crippen LogP contribution < -0.4 is 9.04 Å². The molecule has 0 amide bonds. The number of ether oxygens (including phenoxy) is 2. The molecule has 2 aromatic carbocycles. The number of rotatable bonds is 3. The molecule has 0 aromatic heterocycles. The Bertz CT molecular complexity index is 923. The lowest BCUT2D eigenvalue weighted by Gasteiger charge is -2.34. The molecule has 7 heteroatoms. The van der Waals surface area contributed by atoms with Crippen LogP contribution in [0.5, 0.6) is 5.75 Å². The lowest BCUT2D eigenvalue weighted by molar-refractivity contribution is -0.148. The van der Waals surface area contributed by atoms with Crippen LogP contribution in [0.4, 0.5) is 5.69 Å². The van der Waals surface area contributed by atoms with Crippen molar-refractivity contribution in [2.75, 3.05) is 18.0 Å².